The van der Waals surface area contributed by atoms with Gasteiger partial charge in [0.25, 0.3) is 0 Å². The van der Waals surface area contributed by atoms with Gasteiger partial charge in [0, 0.05) is 18.3 Å². The Hall–Kier alpha value is -1.89. The Labute approximate surface area is 106 Å². The molecular weight excluding hydrogens is 262 g/mol. The fourth-order valence-electron chi connectivity index (χ4n) is 1.72. The van der Waals surface area contributed by atoms with E-state index in [2.05, 4.69) is 10.4 Å². The van der Waals surface area contributed by atoms with E-state index in [0.717, 1.165) is 16.9 Å². The van der Waals surface area contributed by atoms with Crippen LogP contribution in [-0.2, 0) is 12.7 Å². The van der Waals surface area contributed by atoms with Gasteiger partial charge in [0.2, 0.25) is 0 Å². The van der Waals surface area contributed by atoms with Gasteiger partial charge in [-0.05, 0) is 25.2 Å². The summed E-state index contributed by atoms with van der Waals surface area (Å²) in [7, 11) is 1.63. The van der Waals surface area contributed by atoms with Crippen LogP contribution in [0.4, 0.5) is 17.6 Å². The van der Waals surface area contributed by atoms with Crippen molar-refractivity contribution in [1.29, 1.82) is 0 Å². The third-order valence-corrected chi connectivity index (χ3v) is 2.57. The monoisotopic (exact) mass is 273 g/mol. The van der Waals surface area contributed by atoms with E-state index in [1.807, 2.05) is 0 Å². The van der Waals surface area contributed by atoms with Crippen molar-refractivity contribution in [2.75, 3.05) is 7.05 Å². The van der Waals surface area contributed by atoms with Gasteiger partial charge in [-0.15, -0.1) is 0 Å². The fourth-order valence-corrected chi connectivity index (χ4v) is 1.72. The van der Waals surface area contributed by atoms with Gasteiger partial charge < -0.3 is 5.32 Å². The molecule has 0 aliphatic heterocycles. The number of rotatable bonds is 3. The molecule has 0 aliphatic carbocycles. The maximum absolute atomic E-state index is 13.7. The molecule has 2 rings (SSSR count). The Kier molecular flexibility index (Phi) is 3.57. The Balaban J connectivity index is 2.47. The molecule has 0 atom stereocenters. The first-order valence-electron chi connectivity index (χ1n) is 5.48. The van der Waals surface area contributed by atoms with Gasteiger partial charge in [-0.25, -0.2) is 9.07 Å². The van der Waals surface area contributed by atoms with Crippen molar-refractivity contribution in [3.05, 3.63) is 47.5 Å². The van der Waals surface area contributed by atoms with Crippen LogP contribution < -0.4 is 5.32 Å². The Morgan fingerprint density at radius 3 is 2.58 bits per heavy atom. The summed E-state index contributed by atoms with van der Waals surface area (Å²) in [6.45, 7) is 0.198. The molecule has 0 saturated heterocycles. The van der Waals surface area contributed by atoms with Gasteiger partial charge in [-0.1, -0.05) is 6.07 Å². The molecule has 0 saturated carbocycles. The number of nitrogens with one attached hydrogen (secondary N) is 1. The lowest BCUT2D eigenvalue weighted by Gasteiger charge is -2.10. The summed E-state index contributed by atoms with van der Waals surface area (Å²) in [6.07, 6.45) is -3.35. The van der Waals surface area contributed by atoms with Crippen LogP contribution in [0.2, 0.25) is 0 Å². The third kappa shape index (κ3) is 2.76. The van der Waals surface area contributed by atoms with E-state index < -0.39 is 17.7 Å². The molecule has 0 amide bonds. The molecule has 1 N–H and O–H groups in total. The summed E-state index contributed by atoms with van der Waals surface area (Å²) in [4.78, 5) is 0. The predicted molar refractivity (Wildman–Crippen MR) is 61.3 cm³/mol. The second-order valence-corrected chi connectivity index (χ2v) is 3.91. The van der Waals surface area contributed by atoms with Crippen molar-refractivity contribution in [2.24, 2.45) is 0 Å². The minimum absolute atomic E-state index is 0.198. The van der Waals surface area contributed by atoms with E-state index in [4.69, 9.17) is 0 Å². The van der Waals surface area contributed by atoms with E-state index in [0.29, 0.717) is 0 Å². The molecule has 19 heavy (non-hydrogen) atoms. The summed E-state index contributed by atoms with van der Waals surface area (Å²) >= 11 is 0. The summed E-state index contributed by atoms with van der Waals surface area (Å²) in [6, 6.07) is 5.06. The van der Waals surface area contributed by atoms with Crippen LogP contribution in [0.15, 0.2) is 30.5 Å². The predicted octanol–water partition coefficient (Wildman–Crippen LogP) is 2.75. The summed E-state index contributed by atoms with van der Waals surface area (Å²) in [5, 5.41) is 6.20. The third-order valence-electron chi connectivity index (χ3n) is 2.57. The van der Waals surface area contributed by atoms with Crippen LogP contribution in [-0.4, -0.2) is 16.8 Å². The normalized spacial score (nSPS) is 11.8. The molecule has 0 aliphatic rings. The summed E-state index contributed by atoms with van der Waals surface area (Å²) in [5.74, 6) is -0.490. The van der Waals surface area contributed by atoms with Gasteiger partial charge in [-0.2, -0.15) is 18.3 Å². The Morgan fingerprint density at radius 2 is 2.00 bits per heavy atom. The van der Waals surface area contributed by atoms with Gasteiger partial charge in [0.15, 0.2) is 5.69 Å². The average Bonchev–Trinajstić information content (AvgIpc) is 2.81. The number of benzene rings is 1. The molecule has 1 heterocycles. The number of alkyl halides is 3. The molecule has 0 unspecified atom stereocenters. The highest BCUT2D eigenvalue weighted by molar-refractivity contribution is 5.41. The topological polar surface area (TPSA) is 29.9 Å². The zero-order valence-corrected chi connectivity index (χ0v) is 10.0. The molecule has 0 fully saturated rings. The van der Waals surface area contributed by atoms with Gasteiger partial charge >= 0.3 is 6.18 Å². The first kappa shape index (κ1) is 13.5. The minimum Gasteiger partial charge on any atom is -0.316 e. The van der Waals surface area contributed by atoms with E-state index in [-0.39, 0.29) is 17.8 Å². The number of hydrogen-bond donors (Lipinski definition) is 1. The lowest BCUT2D eigenvalue weighted by Crippen LogP contribution is -2.12. The SMILES string of the molecule is CNCc1c(F)cccc1-n1ccc(C(F)(F)F)n1. The largest absolute Gasteiger partial charge is 0.435 e. The highest BCUT2D eigenvalue weighted by atomic mass is 19.4. The molecule has 0 radical (unpaired) electrons. The number of halogens is 4. The van der Waals surface area contributed by atoms with Gasteiger partial charge in [0.05, 0.1) is 5.69 Å². The molecule has 2 aromatic rings. The van der Waals surface area contributed by atoms with Crippen LogP contribution in [0.25, 0.3) is 5.69 Å². The van der Waals surface area contributed by atoms with E-state index >= 15 is 0 Å². The van der Waals surface area contributed by atoms with E-state index in [9.17, 15) is 17.6 Å². The number of nitrogens with zero attached hydrogens (tertiary/aromatic N) is 2. The maximum Gasteiger partial charge on any atom is 0.435 e. The highest BCUT2D eigenvalue weighted by Crippen LogP contribution is 2.28. The zero-order valence-electron chi connectivity index (χ0n) is 10.0. The van der Waals surface area contributed by atoms with Crippen LogP contribution in [0.1, 0.15) is 11.3 Å². The Morgan fingerprint density at radius 1 is 1.26 bits per heavy atom. The van der Waals surface area contributed by atoms with E-state index in [1.165, 1.54) is 18.2 Å². The highest BCUT2D eigenvalue weighted by Gasteiger charge is 2.33. The number of aromatic nitrogens is 2. The van der Waals surface area contributed by atoms with Crippen molar-refractivity contribution >= 4 is 0 Å². The second kappa shape index (κ2) is 5.00. The maximum atomic E-state index is 13.7. The van der Waals surface area contributed by atoms with Gasteiger partial charge in [0.1, 0.15) is 5.82 Å². The molecule has 1 aromatic heterocycles. The molecule has 3 nitrogen and oxygen atoms in total. The lowest BCUT2D eigenvalue weighted by atomic mass is 10.1. The first-order valence-corrected chi connectivity index (χ1v) is 5.48. The molecule has 1 aromatic carbocycles. The lowest BCUT2D eigenvalue weighted by molar-refractivity contribution is -0.141. The Bertz CT molecular complexity index is 575. The molecule has 7 heteroatoms. The molecular formula is C12H11F4N3. The van der Waals surface area contributed by atoms with E-state index in [1.54, 1.807) is 7.05 Å². The van der Waals surface area contributed by atoms with Crippen molar-refractivity contribution < 1.29 is 17.6 Å². The molecule has 0 spiro atoms. The van der Waals surface area contributed by atoms with Crippen molar-refractivity contribution in [2.45, 2.75) is 12.7 Å². The summed E-state index contributed by atoms with van der Waals surface area (Å²) in [5.41, 5.74) is -0.459. The van der Waals surface area contributed by atoms with Crippen molar-refractivity contribution in [3.8, 4) is 5.69 Å². The molecule has 102 valence electrons. The van der Waals surface area contributed by atoms with Crippen LogP contribution in [0.5, 0.6) is 0 Å². The van der Waals surface area contributed by atoms with Crippen LogP contribution in [0.3, 0.4) is 0 Å². The standard InChI is InChI=1S/C12H11F4N3/c1-17-7-8-9(13)3-2-4-10(8)19-6-5-11(18-19)12(14,15)16/h2-6,17H,7H2,1H3. The second-order valence-electron chi connectivity index (χ2n) is 3.91. The smallest absolute Gasteiger partial charge is 0.316 e. The quantitative estimate of drug-likeness (QED) is 0.871. The van der Waals surface area contributed by atoms with Crippen LogP contribution in [0, 0.1) is 5.82 Å². The fraction of sp³-hybridized carbons (Fsp3) is 0.250. The average molecular weight is 273 g/mol. The number of hydrogen-bond acceptors (Lipinski definition) is 2. The minimum atomic E-state index is -4.51. The zero-order chi connectivity index (χ0) is 14.0. The van der Waals surface area contributed by atoms with Crippen molar-refractivity contribution in [3.63, 3.8) is 0 Å². The summed E-state index contributed by atoms with van der Waals surface area (Å²) < 4.78 is 52.1. The van der Waals surface area contributed by atoms with Crippen molar-refractivity contribution in [1.82, 2.24) is 15.1 Å². The molecule has 0 bridgehead atoms. The first-order chi connectivity index (χ1) is 8.93. The van der Waals surface area contributed by atoms with Gasteiger partial charge in [-0.3, -0.25) is 0 Å². The van der Waals surface area contributed by atoms with Crippen LogP contribution >= 0.6 is 0 Å².